The molecule has 2 heterocycles. The van der Waals surface area contributed by atoms with Crippen molar-refractivity contribution in [1.29, 1.82) is 0 Å². The van der Waals surface area contributed by atoms with Crippen LogP contribution in [0.25, 0.3) is 10.9 Å². The van der Waals surface area contributed by atoms with E-state index in [1.807, 2.05) is 48.5 Å². The largest absolute Gasteiger partial charge is 0.383 e. The molecule has 4 rings (SSSR count). The second-order valence-electron chi connectivity index (χ2n) is 7.39. The molecule has 2 atom stereocenters. The number of carbonyl (C=O) groups excluding carboxylic acids is 1. The Morgan fingerprint density at radius 2 is 1.75 bits per heavy atom. The number of aromatic amines is 1. The minimum atomic E-state index is -1.16. The maximum Gasteiger partial charge on any atom is 0.195 e. The highest BCUT2D eigenvalue weighted by Gasteiger charge is 2.35. The highest BCUT2D eigenvalue weighted by Crippen LogP contribution is 2.30. The number of Topliss-reactive ketones (excluding diaryl/α,β-unsaturated/α-hetero) is 1. The molecule has 146 valence electrons. The maximum absolute atomic E-state index is 13.3. The molecule has 0 saturated carbocycles. The summed E-state index contributed by atoms with van der Waals surface area (Å²) in [6.45, 7) is 3.39. The van der Waals surface area contributed by atoms with Crippen LogP contribution in [0, 0.1) is 0 Å². The van der Waals surface area contributed by atoms with Gasteiger partial charge in [-0.05, 0) is 30.8 Å². The van der Waals surface area contributed by atoms with Gasteiger partial charge in [0.2, 0.25) is 0 Å². The number of nitrogens with zero attached hydrogens (tertiary/aromatic N) is 2. The number of para-hydroxylation sites is 1. The quantitative estimate of drug-likeness (QED) is 0.648. The van der Waals surface area contributed by atoms with Crippen LogP contribution in [0.2, 0.25) is 5.02 Å². The molecular formula is C22H24ClN3O2. The molecule has 0 aliphatic carbocycles. The molecule has 2 N–H and O–H groups in total. The van der Waals surface area contributed by atoms with E-state index in [9.17, 15) is 9.90 Å². The lowest BCUT2D eigenvalue weighted by Crippen LogP contribution is -2.50. The lowest BCUT2D eigenvalue weighted by atomic mass is 9.93. The van der Waals surface area contributed by atoms with E-state index < -0.39 is 12.1 Å². The van der Waals surface area contributed by atoms with Crippen LogP contribution < -0.4 is 0 Å². The zero-order valence-electron chi connectivity index (χ0n) is 15.8. The lowest BCUT2D eigenvalue weighted by molar-refractivity contribution is 0.0227. The van der Waals surface area contributed by atoms with Gasteiger partial charge in [0.05, 0.1) is 6.04 Å². The summed E-state index contributed by atoms with van der Waals surface area (Å²) < 4.78 is 0. The molecule has 0 unspecified atom stereocenters. The molecule has 1 aromatic heterocycles. The molecule has 5 nitrogen and oxygen atoms in total. The summed E-state index contributed by atoms with van der Waals surface area (Å²) in [7, 11) is 2.09. The van der Waals surface area contributed by atoms with Crippen molar-refractivity contribution in [2.45, 2.75) is 12.1 Å². The first kappa shape index (κ1) is 19.2. The van der Waals surface area contributed by atoms with Gasteiger partial charge in [0.1, 0.15) is 6.10 Å². The predicted octanol–water partition coefficient (Wildman–Crippen LogP) is 3.35. The number of nitrogens with one attached hydrogen (secondary N) is 1. The number of likely N-dealkylation sites (N-methyl/N-ethyl adjacent to an activating group) is 1. The van der Waals surface area contributed by atoms with Crippen LogP contribution in [0.1, 0.15) is 22.0 Å². The number of rotatable bonds is 5. The van der Waals surface area contributed by atoms with E-state index in [0.29, 0.717) is 10.6 Å². The smallest absolute Gasteiger partial charge is 0.195 e. The van der Waals surface area contributed by atoms with E-state index in [4.69, 9.17) is 11.6 Å². The molecule has 1 aliphatic heterocycles. The molecule has 3 aromatic rings. The Morgan fingerprint density at radius 1 is 1.07 bits per heavy atom. The van der Waals surface area contributed by atoms with Gasteiger partial charge in [-0.15, -0.1) is 0 Å². The van der Waals surface area contributed by atoms with Crippen molar-refractivity contribution in [3.05, 3.63) is 70.9 Å². The number of ketones is 1. The molecule has 2 aromatic carbocycles. The van der Waals surface area contributed by atoms with Crippen molar-refractivity contribution in [2.24, 2.45) is 0 Å². The van der Waals surface area contributed by atoms with Crippen molar-refractivity contribution in [3.63, 3.8) is 0 Å². The van der Waals surface area contributed by atoms with E-state index in [1.165, 1.54) is 0 Å². The summed E-state index contributed by atoms with van der Waals surface area (Å²) in [4.78, 5) is 20.8. The number of benzene rings is 2. The summed E-state index contributed by atoms with van der Waals surface area (Å²) >= 11 is 6.06. The number of hydrogen-bond acceptors (Lipinski definition) is 4. The monoisotopic (exact) mass is 397 g/mol. The standard InChI is InChI=1S/C22H24ClN3O2/c1-25-10-12-26(13-11-25)20(15-6-8-16(23)9-7-15)22(28)21(27)18-14-24-19-5-3-2-4-17(18)19/h2-9,14,20,22,24,28H,10-13H2,1H3/t20-,22+/m1/s1. The van der Waals surface area contributed by atoms with Crippen LogP contribution in [-0.2, 0) is 0 Å². The summed E-state index contributed by atoms with van der Waals surface area (Å²) in [6.07, 6.45) is 0.530. The minimum absolute atomic E-state index is 0.267. The molecule has 0 radical (unpaired) electrons. The number of fused-ring (bicyclic) bond motifs is 1. The molecule has 0 spiro atoms. The Kier molecular flexibility index (Phi) is 5.51. The summed E-state index contributed by atoms with van der Waals surface area (Å²) in [5, 5.41) is 12.7. The average Bonchev–Trinajstić information content (AvgIpc) is 3.14. The fourth-order valence-corrected chi connectivity index (χ4v) is 4.06. The molecule has 1 fully saturated rings. The van der Waals surface area contributed by atoms with Crippen molar-refractivity contribution < 1.29 is 9.90 Å². The van der Waals surface area contributed by atoms with E-state index >= 15 is 0 Å². The normalized spacial score (nSPS) is 18.2. The van der Waals surface area contributed by atoms with Crippen molar-refractivity contribution in [1.82, 2.24) is 14.8 Å². The molecule has 0 amide bonds. The van der Waals surface area contributed by atoms with Gasteiger partial charge in [0, 0.05) is 53.9 Å². The van der Waals surface area contributed by atoms with Crippen LogP contribution in [-0.4, -0.2) is 65.0 Å². The number of hydrogen-bond donors (Lipinski definition) is 2. The topological polar surface area (TPSA) is 59.6 Å². The van der Waals surface area contributed by atoms with Gasteiger partial charge in [0.15, 0.2) is 5.78 Å². The van der Waals surface area contributed by atoms with Crippen molar-refractivity contribution in [3.8, 4) is 0 Å². The maximum atomic E-state index is 13.3. The summed E-state index contributed by atoms with van der Waals surface area (Å²) in [5.41, 5.74) is 2.31. The van der Waals surface area contributed by atoms with Gasteiger partial charge >= 0.3 is 0 Å². The molecule has 1 aliphatic rings. The SMILES string of the molecule is CN1CCN([C@H](c2ccc(Cl)cc2)[C@H](O)C(=O)c2c[nH]c3ccccc23)CC1. The van der Waals surface area contributed by atoms with Gasteiger partial charge in [0.25, 0.3) is 0 Å². The fourth-order valence-electron chi connectivity index (χ4n) is 3.93. The fraction of sp³-hybridized carbons (Fsp3) is 0.318. The number of aliphatic hydroxyl groups excluding tert-OH is 1. The number of carbonyl (C=O) groups is 1. The summed E-state index contributed by atoms with van der Waals surface area (Å²) in [5.74, 6) is -0.267. The van der Waals surface area contributed by atoms with Crippen LogP contribution >= 0.6 is 11.6 Å². The zero-order valence-corrected chi connectivity index (χ0v) is 16.6. The number of H-pyrrole nitrogens is 1. The van der Waals surface area contributed by atoms with E-state index in [0.717, 1.165) is 42.6 Å². The Labute approximate surface area is 169 Å². The van der Waals surface area contributed by atoms with Gasteiger partial charge in [-0.2, -0.15) is 0 Å². The predicted molar refractivity (Wildman–Crippen MR) is 112 cm³/mol. The number of aliphatic hydroxyl groups is 1. The highest BCUT2D eigenvalue weighted by molar-refractivity contribution is 6.30. The van der Waals surface area contributed by atoms with Gasteiger partial charge in [-0.25, -0.2) is 0 Å². The average molecular weight is 398 g/mol. The Balaban J connectivity index is 1.68. The number of aromatic nitrogens is 1. The third kappa shape index (κ3) is 3.71. The molecular weight excluding hydrogens is 374 g/mol. The van der Waals surface area contributed by atoms with Gasteiger partial charge in [-0.3, -0.25) is 9.69 Å². The van der Waals surface area contributed by atoms with Crippen molar-refractivity contribution in [2.75, 3.05) is 33.2 Å². The minimum Gasteiger partial charge on any atom is -0.383 e. The third-order valence-electron chi connectivity index (χ3n) is 5.57. The van der Waals surface area contributed by atoms with E-state index in [-0.39, 0.29) is 5.78 Å². The molecule has 1 saturated heterocycles. The van der Waals surface area contributed by atoms with Crippen molar-refractivity contribution >= 4 is 28.3 Å². The lowest BCUT2D eigenvalue weighted by Gasteiger charge is -2.39. The number of halogens is 1. The molecule has 0 bridgehead atoms. The second-order valence-corrected chi connectivity index (χ2v) is 7.83. The van der Waals surface area contributed by atoms with Crippen LogP contribution in [0.4, 0.5) is 0 Å². The first-order valence-corrected chi connectivity index (χ1v) is 9.89. The first-order valence-electron chi connectivity index (χ1n) is 9.51. The Morgan fingerprint density at radius 3 is 2.46 bits per heavy atom. The van der Waals surface area contributed by atoms with Gasteiger partial charge < -0.3 is 15.0 Å². The molecule has 6 heteroatoms. The van der Waals surface area contributed by atoms with Gasteiger partial charge in [-0.1, -0.05) is 41.9 Å². The van der Waals surface area contributed by atoms with Crippen LogP contribution in [0.15, 0.2) is 54.7 Å². The zero-order chi connectivity index (χ0) is 19.7. The Bertz CT molecular complexity index is 961. The van der Waals surface area contributed by atoms with Crippen LogP contribution in [0.5, 0.6) is 0 Å². The first-order chi connectivity index (χ1) is 13.5. The van der Waals surface area contributed by atoms with E-state index in [1.54, 1.807) is 6.20 Å². The third-order valence-corrected chi connectivity index (χ3v) is 5.82. The number of piperazine rings is 1. The Hall–Kier alpha value is -2.18. The van der Waals surface area contributed by atoms with Crippen LogP contribution in [0.3, 0.4) is 0 Å². The van der Waals surface area contributed by atoms with E-state index in [2.05, 4.69) is 21.8 Å². The molecule has 28 heavy (non-hydrogen) atoms. The summed E-state index contributed by atoms with van der Waals surface area (Å²) in [6, 6.07) is 14.7. The highest BCUT2D eigenvalue weighted by atomic mass is 35.5. The second kappa shape index (κ2) is 8.05.